The summed E-state index contributed by atoms with van der Waals surface area (Å²) >= 11 is 5.90. The van der Waals surface area contributed by atoms with E-state index in [-0.39, 0.29) is 11.9 Å². The quantitative estimate of drug-likeness (QED) is 0.767. The van der Waals surface area contributed by atoms with E-state index in [9.17, 15) is 9.59 Å². The van der Waals surface area contributed by atoms with Gasteiger partial charge in [0.15, 0.2) is 0 Å². The first kappa shape index (κ1) is 21.6. The fraction of sp³-hybridized carbons (Fsp3) is 0.545. The SMILES string of the molecule is O=C(Cc1ccc(Cl)cc1)N1CCN(C(=O)NCCc2nnc3n2CCCCC3)CC1. The van der Waals surface area contributed by atoms with Gasteiger partial charge in [-0.05, 0) is 30.5 Å². The van der Waals surface area contributed by atoms with E-state index in [2.05, 4.69) is 20.1 Å². The molecule has 8 nitrogen and oxygen atoms in total. The second kappa shape index (κ2) is 10.1. The van der Waals surface area contributed by atoms with Crippen LogP contribution in [0.2, 0.25) is 5.02 Å². The zero-order valence-corrected chi connectivity index (χ0v) is 18.5. The van der Waals surface area contributed by atoms with Crippen molar-refractivity contribution in [3.63, 3.8) is 0 Å². The third-order valence-corrected chi connectivity index (χ3v) is 6.25. The number of halogens is 1. The van der Waals surface area contributed by atoms with Gasteiger partial charge in [0.05, 0.1) is 6.42 Å². The van der Waals surface area contributed by atoms with Crippen molar-refractivity contribution < 1.29 is 9.59 Å². The molecule has 2 aliphatic heterocycles. The highest BCUT2D eigenvalue weighted by atomic mass is 35.5. The summed E-state index contributed by atoms with van der Waals surface area (Å²) in [4.78, 5) is 28.7. The zero-order valence-electron chi connectivity index (χ0n) is 17.7. The molecule has 1 saturated heterocycles. The Morgan fingerprint density at radius 1 is 0.935 bits per heavy atom. The molecule has 0 aliphatic carbocycles. The second-order valence-electron chi connectivity index (χ2n) is 8.15. The Bertz CT molecular complexity index is 905. The van der Waals surface area contributed by atoms with E-state index in [4.69, 9.17) is 11.6 Å². The molecule has 0 atom stereocenters. The summed E-state index contributed by atoms with van der Waals surface area (Å²) in [5.74, 6) is 2.10. The molecular weight excluding hydrogens is 416 g/mol. The molecule has 1 fully saturated rings. The molecule has 9 heteroatoms. The molecule has 166 valence electrons. The molecular formula is C22H29ClN6O2. The topological polar surface area (TPSA) is 83.4 Å². The van der Waals surface area contributed by atoms with Crippen LogP contribution in [0.1, 0.15) is 36.5 Å². The number of carbonyl (C=O) groups excluding carboxylic acids is 2. The maximum atomic E-state index is 12.5. The largest absolute Gasteiger partial charge is 0.339 e. The molecule has 0 unspecified atom stereocenters. The van der Waals surface area contributed by atoms with E-state index in [1.54, 1.807) is 17.0 Å². The number of nitrogens with zero attached hydrogens (tertiary/aromatic N) is 5. The van der Waals surface area contributed by atoms with Gasteiger partial charge in [0.25, 0.3) is 0 Å². The molecule has 3 heterocycles. The number of hydrogen-bond acceptors (Lipinski definition) is 4. The number of carbonyl (C=O) groups is 2. The number of urea groups is 1. The van der Waals surface area contributed by atoms with Crippen LogP contribution < -0.4 is 5.32 Å². The van der Waals surface area contributed by atoms with Crippen LogP contribution in [-0.2, 0) is 30.6 Å². The Hall–Kier alpha value is -2.61. The average molecular weight is 445 g/mol. The number of piperazine rings is 1. The Labute approximate surface area is 187 Å². The van der Waals surface area contributed by atoms with Crippen LogP contribution in [0.15, 0.2) is 24.3 Å². The number of benzene rings is 1. The molecule has 0 radical (unpaired) electrons. The number of aromatic nitrogens is 3. The zero-order chi connectivity index (χ0) is 21.6. The van der Waals surface area contributed by atoms with Crippen molar-refractivity contribution in [2.24, 2.45) is 0 Å². The highest BCUT2D eigenvalue weighted by Gasteiger charge is 2.24. The summed E-state index contributed by atoms with van der Waals surface area (Å²) in [6.45, 7) is 3.69. The summed E-state index contributed by atoms with van der Waals surface area (Å²) in [5, 5.41) is 12.3. The van der Waals surface area contributed by atoms with Crippen molar-refractivity contribution in [3.05, 3.63) is 46.5 Å². The number of rotatable bonds is 5. The van der Waals surface area contributed by atoms with Gasteiger partial charge in [-0.3, -0.25) is 4.79 Å². The van der Waals surface area contributed by atoms with Crippen molar-refractivity contribution in [2.75, 3.05) is 32.7 Å². The lowest BCUT2D eigenvalue weighted by molar-refractivity contribution is -0.131. The first-order valence-electron chi connectivity index (χ1n) is 11.1. The van der Waals surface area contributed by atoms with Gasteiger partial charge in [0, 0.05) is 57.1 Å². The molecule has 0 spiro atoms. The van der Waals surface area contributed by atoms with Gasteiger partial charge in [-0.25, -0.2) is 4.79 Å². The van der Waals surface area contributed by atoms with Crippen molar-refractivity contribution in [3.8, 4) is 0 Å². The molecule has 0 bridgehead atoms. The van der Waals surface area contributed by atoms with Crippen molar-refractivity contribution in [1.29, 1.82) is 0 Å². The van der Waals surface area contributed by atoms with Gasteiger partial charge in [-0.15, -0.1) is 10.2 Å². The highest BCUT2D eigenvalue weighted by Crippen LogP contribution is 2.15. The predicted molar refractivity (Wildman–Crippen MR) is 118 cm³/mol. The van der Waals surface area contributed by atoms with Crippen LogP contribution in [0.3, 0.4) is 0 Å². The molecule has 0 saturated carbocycles. The lowest BCUT2D eigenvalue weighted by atomic mass is 10.1. The number of aryl methyl sites for hydroxylation is 1. The van der Waals surface area contributed by atoms with Crippen molar-refractivity contribution >= 4 is 23.5 Å². The van der Waals surface area contributed by atoms with E-state index >= 15 is 0 Å². The monoisotopic (exact) mass is 444 g/mol. The summed E-state index contributed by atoms with van der Waals surface area (Å²) < 4.78 is 2.21. The normalized spacial score (nSPS) is 16.5. The predicted octanol–water partition coefficient (Wildman–Crippen LogP) is 2.30. The minimum absolute atomic E-state index is 0.0786. The summed E-state index contributed by atoms with van der Waals surface area (Å²) in [5.41, 5.74) is 0.945. The van der Waals surface area contributed by atoms with Gasteiger partial charge >= 0.3 is 6.03 Å². The van der Waals surface area contributed by atoms with Crippen LogP contribution in [0.4, 0.5) is 4.79 Å². The highest BCUT2D eigenvalue weighted by molar-refractivity contribution is 6.30. The van der Waals surface area contributed by atoms with Gasteiger partial charge in [-0.1, -0.05) is 30.2 Å². The van der Waals surface area contributed by atoms with Crippen molar-refractivity contribution in [2.45, 2.75) is 45.1 Å². The van der Waals surface area contributed by atoms with Crippen LogP contribution >= 0.6 is 11.6 Å². The Morgan fingerprint density at radius 2 is 1.68 bits per heavy atom. The molecule has 31 heavy (non-hydrogen) atoms. The fourth-order valence-electron chi connectivity index (χ4n) is 4.17. The fourth-order valence-corrected chi connectivity index (χ4v) is 4.30. The van der Waals surface area contributed by atoms with Crippen LogP contribution in [0.25, 0.3) is 0 Å². The Kier molecular flexibility index (Phi) is 7.06. The summed E-state index contributed by atoms with van der Waals surface area (Å²) in [7, 11) is 0. The smallest absolute Gasteiger partial charge is 0.317 e. The maximum Gasteiger partial charge on any atom is 0.317 e. The van der Waals surface area contributed by atoms with E-state index in [0.717, 1.165) is 36.6 Å². The lowest BCUT2D eigenvalue weighted by Gasteiger charge is -2.34. The summed E-state index contributed by atoms with van der Waals surface area (Å²) in [6, 6.07) is 7.25. The van der Waals surface area contributed by atoms with Gasteiger partial charge in [0.2, 0.25) is 5.91 Å². The number of hydrogen-bond donors (Lipinski definition) is 1. The van der Waals surface area contributed by atoms with E-state index in [0.29, 0.717) is 50.6 Å². The van der Waals surface area contributed by atoms with E-state index in [1.165, 1.54) is 12.8 Å². The van der Waals surface area contributed by atoms with Gasteiger partial charge in [-0.2, -0.15) is 0 Å². The summed E-state index contributed by atoms with van der Waals surface area (Å²) in [6.07, 6.45) is 5.58. The van der Waals surface area contributed by atoms with Gasteiger partial charge in [0.1, 0.15) is 11.6 Å². The Morgan fingerprint density at radius 3 is 2.45 bits per heavy atom. The number of fused-ring (bicyclic) bond motifs is 1. The number of nitrogens with one attached hydrogen (secondary N) is 1. The Balaban J connectivity index is 1.19. The van der Waals surface area contributed by atoms with E-state index < -0.39 is 0 Å². The van der Waals surface area contributed by atoms with E-state index in [1.807, 2.05) is 17.0 Å². The first-order chi connectivity index (χ1) is 15.1. The molecule has 2 aromatic rings. The van der Waals surface area contributed by atoms with Crippen LogP contribution in [0, 0.1) is 0 Å². The van der Waals surface area contributed by atoms with Gasteiger partial charge < -0.3 is 19.7 Å². The molecule has 1 aromatic carbocycles. The number of amides is 3. The molecule has 1 aromatic heterocycles. The molecule has 1 N–H and O–H groups in total. The first-order valence-corrected chi connectivity index (χ1v) is 11.4. The molecule has 2 aliphatic rings. The molecule has 3 amide bonds. The molecule has 4 rings (SSSR count). The maximum absolute atomic E-state index is 12.5. The lowest BCUT2D eigenvalue weighted by Crippen LogP contribution is -2.53. The minimum Gasteiger partial charge on any atom is -0.339 e. The third-order valence-electron chi connectivity index (χ3n) is 6.00. The minimum atomic E-state index is -0.0830. The average Bonchev–Trinajstić information content (AvgIpc) is 3.01. The second-order valence-corrected chi connectivity index (χ2v) is 8.58. The van der Waals surface area contributed by atoms with Crippen LogP contribution in [0.5, 0.6) is 0 Å². The van der Waals surface area contributed by atoms with Crippen molar-refractivity contribution in [1.82, 2.24) is 29.9 Å². The van der Waals surface area contributed by atoms with Crippen LogP contribution in [-0.4, -0.2) is 69.2 Å². The standard InChI is InChI=1S/C22H29ClN6O2/c23-18-7-5-17(6-8-18)16-21(30)27-12-14-28(15-13-27)22(31)24-10-9-20-26-25-19-4-2-1-3-11-29(19)20/h5-8H,1-4,9-16H2,(H,24,31). The third kappa shape index (κ3) is 5.55.